The van der Waals surface area contributed by atoms with E-state index in [1.807, 2.05) is 45.2 Å². The van der Waals surface area contributed by atoms with E-state index in [4.69, 9.17) is 9.72 Å². The second-order valence-corrected chi connectivity index (χ2v) is 20.6. The van der Waals surface area contributed by atoms with Crippen LogP contribution in [0.1, 0.15) is 97.4 Å². The van der Waals surface area contributed by atoms with Gasteiger partial charge in [-0.25, -0.2) is 5.43 Å². The Bertz CT molecular complexity index is 2560. The minimum Gasteiger partial charge on any atom is -0.508 e. The number of cyclic esters (lactones) is 1. The van der Waals surface area contributed by atoms with Gasteiger partial charge in [0.1, 0.15) is 23.9 Å². The number of fused-ring (bicyclic) bond motifs is 6. The van der Waals surface area contributed by atoms with E-state index in [0.29, 0.717) is 50.9 Å². The van der Waals surface area contributed by atoms with Crippen LogP contribution in [-0.2, 0) is 48.1 Å². The summed E-state index contributed by atoms with van der Waals surface area (Å²) in [6.07, 6.45) is 3.88. The molecule has 0 spiro atoms. The second kappa shape index (κ2) is 19.1. The molecule has 358 valence electrons. The van der Waals surface area contributed by atoms with E-state index in [1.165, 1.54) is 9.91 Å². The fourth-order valence-corrected chi connectivity index (χ4v) is 10.7. The number of likely N-dealkylation sites (tertiary alicyclic amines) is 1. The number of esters is 1. The molecule has 2 aromatic carbocycles. The van der Waals surface area contributed by atoms with E-state index in [0.717, 1.165) is 44.5 Å². The van der Waals surface area contributed by atoms with Crippen LogP contribution in [-0.4, -0.2) is 123 Å². The van der Waals surface area contributed by atoms with Crippen molar-refractivity contribution in [1.29, 1.82) is 0 Å². The summed E-state index contributed by atoms with van der Waals surface area (Å²) in [5.41, 5.74) is 10.1. The van der Waals surface area contributed by atoms with E-state index in [-0.39, 0.29) is 61.1 Å². The maximum Gasteiger partial charge on any atom is 0.324 e. The highest BCUT2D eigenvalue weighted by atomic mass is 16.5. The predicted octanol–water partition coefficient (Wildman–Crippen LogP) is 5.56. The molecule has 6 bridgehead atoms. The standard InChI is InChI=1S/C52H68N8O7/c1-10-58-43-16-15-33-25-38(43)39(46(58)37-13-11-18-53-44(37)29(2)3)26-52(7,8)28-67-51(66)40-14-12-19-60(56-40)50(65)41(23-32-21-34(33)24-35(61)22-32)55-47(62)45(30(4)5)57(9)48(63)36-17-20-59(31(36)6)49(64)42-27-54-42/h11,13,15-16,18,21-22,24-25,29-31,36,40-42,45,54,56,61H,10,12,14,17,19-20,23,26-28H2,1-9H3,(H,55,62)/t31-,36-,40+,41+,42-,45+/m1/s1. The molecule has 6 heterocycles. The molecule has 3 fully saturated rings. The smallest absolute Gasteiger partial charge is 0.324 e. The van der Waals surface area contributed by atoms with Crippen LogP contribution in [0, 0.1) is 17.3 Å². The molecule has 4 aliphatic heterocycles. The van der Waals surface area contributed by atoms with Crippen LogP contribution in [0.2, 0.25) is 0 Å². The van der Waals surface area contributed by atoms with Crippen LogP contribution in [0.4, 0.5) is 0 Å². The molecule has 3 saturated heterocycles. The molecule has 15 heteroatoms. The van der Waals surface area contributed by atoms with Crippen LogP contribution in [0.5, 0.6) is 5.75 Å². The van der Waals surface area contributed by atoms with Crippen molar-refractivity contribution in [2.75, 3.05) is 33.3 Å². The molecule has 15 nitrogen and oxygen atoms in total. The number of carbonyl (C=O) groups is 5. The molecule has 0 unspecified atom stereocenters. The van der Waals surface area contributed by atoms with Gasteiger partial charge in [0.05, 0.1) is 30.0 Å². The average Bonchev–Trinajstić information content (AvgIpc) is 4.02. The molecule has 0 aliphatic carbocycles. The van der Waals surface area contributed by atoms with E-state index in [1.54, 1.807) is 24.1 Å². The van der Waals surface area contributed by atoms with Gasteiger partial charge >= 0.3 is 5.97 Å². The van der Waals surface area contributed by atoms with Gasteiger partial charge in [-0.2, -0.15) is 0 Å². The van der Waals surface area contributed by atoms with E-state index in [9.17, 15) is 29.1 Å². The predicted molar refractivity (Wildman–Crippen MR) is 256 cm³/mol. The van der Waals surface area contributed by atoms with Gasteiger partial charge in [-0.05, 0) is 110 Å². The summed E-state index contributed by atoms with van der Waals surface area (Å²) in [6, 6.07) is 12.3. The number of phenolic OH excluding ortho intramolecular Hbond substituents is 1. The lowest BCUT2D eigenvalue weighted by Crippen LogP contribution is -2.62. The van der Waals surface area contributed by atoms with Crippen LogP contribution in [0.3, 0.4) is 0 Å². The number of nitrogens with zero attached hydrogens (tertiary/aromatic N) is 5. The Morgan fingerprint density at radius 1 is 1.03 bits per heavy atom. The van der Waals surface area contributed by atoms with Crippen molar-refractivity contribution >= 4 is 40.5 Å². The van der Waals surface area contributed by atoms with Crippen molar-refractivity contribution in [3.63, 3.8) is 0 Å². The van der Waals surface area contributed by atoms with Crippen molar-refractivity contribution in [2.45, 2.75) is 130 Å². The lowest BCUT2D eigenvalue weighted by atomic mass is 9.83. The van der Waals surface area contributed by atoms with Gasteiger partial charge in [-0.1, -0.05) is 53.7 Å². The summed E-state index contributed by atoms with van der Waals surface area (Å²) >= 11 is 0. The maximum absolute atomic E-state index is 14.8. The number of nitrogens with one attached hydrogen (secondary N) is 3. The lowest BCUT2D eigenvalue weighted by Gasteiger charge is -2.37. The number of hydrazine groups is 1. The summed E-state index contributed by atoms with van der Waals surface area (Å²) < 4.78 is 8.46. The summed E-state index contributed by atoms with van der Waals surface area (Å²) in [5.74, 6) is -2.34. The third-order valence-electron chi connectivity index (χ3n) is 14.2. The summed E-state index contributed by atoms with van der Waals surface area (Å²) in [5, 5.41) is 19.9. The lowest BCUT2D eigenvalue weighted by molar-refractivity contribution is -0.155. The largest absolute Gasteiger partial charge is 0.508 e. The first kappa shape index (κ1) is 47.7. The highest BCUT2D eigenvalue weighted by molar-refractivity contribution is 5.96. The number of hydrogen-bond acceptors (Lipinski definition) is 10. The fraction of sp³-hybridized carbons (Fsp3) is 0.538. The normalized spacial score (nSPS) is 23.5. The number of aryl methyl sites for hydroxylation is 1. The Kier molecular flexibility index (Phi) is 13.6. The molecule has 6 atom stereocenters. The molecule has 0 radical (unpaired) electrons. The quantitative estimate of drug-likeness (QED) is 0.122. The number of rotatable bonds is 9. The number of pyridine rings is 1. The Morgan fingerprint density at radius 2 is 1.79 bits per heavy atom. The number of hydrogen-bond donors (Lipinski definition) is 4. The molecule has 67 heavy (non-hydrogen) atoms. The van der Waals surface area contributed by atoms with E-state index in [2.05, 4.69) is 73.4 Å². The van der Waals surface area contributed by atoms with Gasteiger partial charge in [0.15, 0.2) is 0 Å². The van der Waals surface area contributed by atoms with Crippen LogP contribution >= 0.6 is 0 Å². The fourth-order valence-electron chi connectivity index (χ4n) is 10.7. The van der Waals surface area contributed by atoms with Crippen molar-refractivity contribution in [1.82, 2.24) is 40.4 Å². The highest BCUT2D eigenvalue weighted by Crippen LogP contribution is 2.42. The van der Waals surface area contributed by atoms with Gasteiger partial charge in [-0.3, -0.25) is 34.0 Å². The summed E-state index contributed by atoms with van der Waals surface area (Å²) in [4.78, 5) is 78.6. The number of carbonyl (C=O) groups excluding carboxylic acids is 5. The number of phenols is 1. The molecule has 4 aromatic rings. The highest BCUT2D eigenvalue weighted by Gasteiger charge is 2.46. The molecule has 4 aliphatic rings. The van der Waals surface area contributed by atoms with Crippen LogP contribution in [0.25, 0.3) is 33.3 Å². The number of likely N-dealkylation sites (N-methyl/N-ethyl adjacent to an activating group) is 1. The van der Waals surface area contributed by atoms with Crippen molar-refractivity contribution in [3.8, 4) is 28.1 Å². The number of ether oxygens (including phenoxy) is 1. The second-order valence-electron chi connectivity index (χ2n) is 20.6. The molecule has 0 saturated carbocycles. The first-order valence-corrected chi connectivity index (χ1v) is 24.2. The van der Waals surface area contributed by atoms with Gasteiger partial charge in [0.25, 0.3) is 5.91 Å². The Hall–Kier alpha value is -5.80. The monoisotopic (exact) mass is 917 g/mol. The van der Waals surface area contributed by atoms with Crippen molar-refractivity contribution in [3.05, 3.63) is 71.5 Å². The number of amides is 4. The maximum atomic E-state index is 14.8. The third-order valence-corrected chi connectivity index (χ3v) is 14.2. The average molecular weight is 917 g/mol. The number of aromatic nitrogens is 2. The van der Waals surface area contributed by atoms with Crippen LogP contribution < -0.4 is 16.1 Å². The minimum absolute atomic E-state index is 0.00426. The topological polar surface area (TPSA) is 188 Å². The number of benzene rings is 2. The summed E-state index contributed by atoms with van der Waals surface area (Å²) in [7, 11) is 1.61. The molecule has 4 amide bonds. The first-order valence-electron chi connectivity index (χ1n) is 24.2. The van der Waals surface area contributed by atoms with E-state index >= 15 is 0 Å². The minimum atomic E-state index is -1.15. The van der Waals surface area contributed by atoms with Crippen molar-refractivity contribution in [2.24, 2.45) is 17.3 Å². The zero-order chi connectivity index (χ0) is 48.1. The summed E-state index contributed by atoms with van der Waals surface area (Å²) in [6.45, 7) is 18.4. The van der Waals surface area contributed by atoms with Gasteiger partial charge in [-0.15, -0.1) is 0 Å². The van der Waals surface area contributed by atoms with Crippen LogP contribution in [0.15, 0.2) is 54.7 Å². The zero-order valence-corrected chi connectivity index (χ0v) is 40.5. The Balaban J connectivity index is 1.18. The van der Waals surface area contributed by atoms with Gasteiger partial charge < -0.3 is 34.8 Å². The first-order chi connectivity index (χ1) is 31.9. The third kappa shape index (κ3) is 9.67. The van der Waals surface area contributed by atoms with Gasteiger partial charge in [0, 0.05) is 73.8 Å². The Morgan fingerprint density at radius 3 is 2.49 bits per heavy atom. The molecule has 4 N–H and O–H groups in total. The van der Waals surface area contributed by atoms with E-state index < -0.39 is 47.2 Å². The molecular formula is C52H68N8O7. The SMILES string of the molecule is CCn1c(-c2cccnc2C(C)C)c2c3cc(ccc31)-c1cc(O)cc(c1)C[C@H](NC(=O)[C@H](C(C)C)N(C)C(=O)[C@@H]1CCN(C(=O)[C@H]3CN3)[C@@H]1C)C(=O)N1CCC[C@H](N1)C(=O)OCC(C)(C)C2. The Labute approximate surface area is 394 Å². The number of aromatic hydroxyl groups is 1. The van der Waals surface area contributed by atoms with Crippen molar-refractivity contribution < 1.29 is 33.8 Å². The molecule has 8 rings (SSSR count). The molecular weight excluding hydrogens is 849 g/mol. The zero-order valence-electron chi connectivity index (χ0n) is 40.5. The van der Waals surface area contributed by atoms with Gasteiger partial charge in [0.2, 0.25) is 17.7 Å². The molecule has 2 aromatic heterocycles.